The summed E-state index contributed by atoms with van der Waals surface area (Å²) in [5, 5.41) is 3.36. The number of hydrogen-bond acceptors (Lipinski definition) is 3. The highest BCUT2D eigenvalue weighted by Gasteiger charge is 2.32. The maximum Gasteiger partial charge on any atom is 0.240 e. The van der Waals surface area contributed by atoms with Gasteiger partial charge in [0.1, 0.15) is 0 Å². The van der Waals surface area contributed by atoms with Crippen molar-refractivity contribution < 1.29 is 9.59 Å². The minimum atomic E-state index is -0.133. The predicted octanol–water partition coefficient (Wildman–Crippen LogP) is 1.03. The van der Waals surface area contributed by atoms with E-state index in [9.17, 15) is 9.59 Å². The molecule has 2 aliphatic rings. The average Bonchev–Trinajstić information content (AvgIpc) is 2.60. The predicted molar refractivity (Wildman–Crippen MR) is 88.8 cm³/mol. The molecule has 1 fully saturated rings. The molecule has 23 heavy (non-hydrogen) atoms. The standard InChI is InChI=1S/C18H25N3O2/c1-20(2)17(22)13-7-9-21(10-8-13)18(23)16-11-14-5-3-4-6-15(14)12-19-16/h3-6,13,16,19H,7-12H2,1-2H3. The number of carbonyl (C=O) groups is 2. The lowest BCUT2D eigenvalue weighted by Gasteiger charge is -2.36. The van der Waals surface area contributed by atoms with Gasteiger partial charge in [-0.2, -0.15) is 0 Å². The van der Waals surface area contributed by atoms with Crippen molar-refractivity contribution in [3.63, 3.8) is 0 Å². The summed E-state index contributed by atoms with van der Waals surface area (Å²) in [6.45, 7) is 2.12. The number of benzene rings is 1. The van der Waals surface area contributed by atoms with Crippen molar-refractivity contribution in [2.75, 3.05) is 27.2 Å². The second-order valence-electron chi connectivity index (χ2n) is 6.74. The van der Waals surface area contributed by atoms with Crippen molar-refractivity contribution in [3.8, 4) is 0 Å². The Balaban J connectivity index is 1.57. The molecule has 0 bridgehead atoms. The number of fused-ring (bicyclic) bond motifs is 1. The lowest BCUT2D eigenvalue weighted by atomic mass is 9.92. The van der Waals surface area contributed by atoms with Crippen LogP contribution in [0.25, 0.3) is 0 Å². The molecule has 2 amide bonds. The highest BCUT2D eigenvalue weighted by atomic mass is 16.2. The third kappa shape index (κ3) is 3.39. The maximum atomic E-state index is 12.7. The fourth-order valence-corrected chi connectivity index (χ4v) is 3.56. The Bertz CT molecular complexity index is 592. The number of likely N-dealkylation sites (tertiary alicyclic amines) is 1. The van der Waals surface area contributed by atoms with E-state index in [-0.39, 0.29) is 23.8 Å². The topological polar surface area (TPSA) is 52.7 Å². The van der Waals surface area contributed by atoms with Gasteiger partial charge >= 0.3 is 0 Å². The Labute approximate surface area is 137 Å². The van der Waals surface area contributed by atoms with Crippen molar-refractivity contribution in [1.29, 1.82) is 0 Å². The van der Waals surface area contributed by atoms with Crippen LogP contribution in [0.1, 0.15) is 24.0 Å². The molecule has 0 radical (unpaired) electrons. The highest BCUT2D eigenvalue weighted by molar-refractivity contribution is 5.83. The monoisotopic (exact) mass is 315 g/mol. The number of nitrogens with one attached hydrogen (secondary N) is 1. The van der Waals surface area contributed by atoms with Crippen LogP contribution in [-0.4, -0.2) is 54.8 Å². The average molecular weight is 315 g/mol. The zero-order valence-electron chi connectivity index (χ0n) is 13.9. The van der Waals surface area contributed by atoms with Crippen LogP contribution in [0, 0.1) is 5.92 Å². The molecule has 0 aromatic heterocycles. The second-order valence-corrected chi connectivity index (χ2v) is 6.74. The van der Waals surface area contributed by atoms with Gasteiger partial charge in [0.15, 0.2) is 0 Å². The molecule has 0 saturated carbocycles. The molecular formula is C18H25N3O2. The summed E-state index contributed by atoms with van der Waals surface area (Å²) in [6.07, 6.45) is 2.30. The summed E-state index contributed by atoms with van der Waals surface area (Å²) in [5.41, 5.74) is 2.55. The summed E-state index contributed by atoms with van der Waals surface area (Å²) in [7, 11) is 3.59. The summed E-state index contributed by atoms with van der Waals surface area (Å²) in [6, 6.07) is 8.16. The van der Waals surface area contributed by atoms with E-state index in [1.165, 1.54) is 11.1 Å². The molecule has 1 N–H and O–H groups in total. The van der Waals surface area contributed by atoms with E-state index < -0.39 is 0 Å². The summed E-state index contributed by atoms with van der Waals surface area (Å²) >= 11 is 0. The Morgan fingerprint density at radius 3 is 2.43 bits per heavy atom. The number of nitrogens with zero attached hydrogens (tertiary/aromatic N) is 2. The van der Waals surface area contributed by atoms with Gasteiger partial charge in [0.2, 0.25) is 11.8 Å². The third-order valence-electron chi connectivity index (χ3n) is 4.98. The Morgan fingerprint density at radius 1 is 1.13 bits per heavy atom. The van der Waals surface area contributed by atoms with Crippen LogP contribution in [0.4, 0.5) is 0 Å². The van der Waals surface area contributed by atoms with Gasteiger partial charge in [-0.1, -0.05) is 24.3 Å². The van der Waals surface area contributed by atoms with E-state index in [2.05, 4.69) is 17.4 Å². The minimum Gasteiger partial charge on any atom is -0.349 e. The second kappa shape index (κ2) is 6.71. The SMILES string of the molecule is CN(C)C(=O)C1CCN(C(=O)C2Cc3ccccc3CN2)CC1. The van der Waals surface area contributed by atoms with Gasteiger partial charge in [-0.3, -0.25) is 9.59 Å². The molecule has 124 valence electrons. The largest absolute Gasteiger partial charge is 0.349 e. The van der Waals surface area contributed by atoms with Gasteiger partial charge < -0.3 is 15.1 Å². The van der Waals surface area contributed by atoms with Crippen molar-refractivity contribution in [3.05, 3.63) is 35.4 Å². The first-order valence-electron chi connectivity index (χ1n) is 8.36. The molecule has 5 heteroatoms. The molecule has 3 rings (SSSR count). The van der Waals surface area contributed by atoms with Crippen LogP contribution in [0.3, 0.4) is 0 Å². The smallest absolute Gasteiger partial charge is 0.240 e. The first kappa shape index (κ1) is 16.0. The Morgan fingerprint density at radius 2 is 1.78 bits per heavy atom. The van der Waals surface area contributed by atoms with Crippen molar-refractivity contribution >= 4 is 11.8 Å². The zero-order chi connectivity index (χ0) is 16.4. The van der Waals surface area contributed by atoms with Gasteiger partial charge in [-0.25, -0.2) is 0 Å². The van der Waals surface area contributed by atoms with Gasteiger partial charge in [-0.15, -0.1) is 0 Å². The van der Waals surface area contributed by atoms with E-state index >= 15 is 0 Å². The number of hydrogen-bond donors (Lipinski definition) is 1. The molecule has 1 saturated heterocycles. The molecule has 2 heterocycles. The molecule has 1 unspecified atom stereocenters. The number of piperidine rings is 1. The van der Waals surface area contributed by atoms with Crippen molar-refractivity contribution in [2.45, 2.75) is 31.8 Å². The summed E-state index contributed by atoms with van der Waals surface area (Å²) in [4.78, 5) is 28.3. The maximum absolute atomic E-state index is 12.7. The van der Waals surface area contributed by atoms with Crippen LogP contribution in [-0.2, 0) is 22.6 Å². The van der Waals surface area contributed by atoms with Crippen molar-refractivity contribution in [2.24, 2.45) is 5.92 Å². The van der Waals surface area contributed by atoms with Gasteiger partial charge in [0, 0.05) is 39.6 Å². The van der Waals surface area contributed by atoms with Crippen molar-refractivity contribution in [1.82, 2.24) is 15.1 Å². The summed E-state index contributed by atoms with van der Waals surface area (Å²) < 4.78 is 0. The fourth-order valence-electron chi connectivity index (χ4n) is 3.56. The number of amides is 2. The van der Waals surface area contributed by atoms with Crippen LogP contribution >= 0.6 is 0 Å². The molecule has 1 aromatic carbocycles. The number of carbonyl (C=O) groups excluding carboxylic acids is 2. The van der Waals surface area contributed by atoms with E-state index in [0.29, 0.717) is 13.1 Å². The van der Waals surface area contributed by atoms with Gasteiger partial charge in [0.25, 0.3) is 0 Å². The highest BCUT2D eigenvalue weighted by Crippen LogP contribution is 2.22. The van der Waals surface area contributed by atoms with E-state index in [4.69, 9.17) is 0 Å². The zero-order valence-corrected chi connectivity index (χ0v) is 13.9. The van der Waals surface area contributed by atoms with E-state index in [1.54, 1.807) is 19.0 Å². The van der Waals surface area contributed by atoms with E-state index in [1.807, 2.05) is 17.0 Å². The lowest BCUT2D eigenvalue weighted by Crippen LogP contribution is -2.52. The minimum absolute atomic E-state index is 0.0640. The van der Waals surface area contributed by atoms with Crippen LogP contribution in [0.2, 0.25) is 0 Å². The van der Waals surface area contributed by atoms with Crippen LogP contribution < -0.4 is 5.32 Å². The quantitative estimate of drug-likeness (QED) is 0.887. The Hall–Kier alpha value is -1.88. The molecule has 0 spiro atoms. The molecule has 1 aromatic rings. The molecular weight excluding hydrogens is 290 g/mol. The Kier molecular flexibility index (Phi) is 4.66. The first-order valence-corrected chi connectivity index (χ1v) is 8.36. The number of rotatable bonds is 2. The third-order valence-corrected chi connectivity index (χ3v) is 4.98. The molecule has 2 aliphatic heterocycles. The molecule has 0 aliphatic carbocycles. The summed E-state index contributed by atoms with van der Waals surface area (Å²) in [5.74, 6) is 0.422. The van der Waals surface area contributed by atoms with Crippen LogP contribution in [0.15, 0.2) is 24.3 Å². The first-order chi connectivity index (χ1) is 11.1. The normalized spacial score (nSPS) is 21.7. The van der Waals surface area contributed by atoms with Gasteiger partial charge in [0.05, 0.1) is 6.04 Å². The fraction of sp³-hybridized carbons (Fsp3) is 0.556. The van der Waals surface area contributed by atoms with Gasteiger partial charge in [-0.05, 0) is 30.4 Å². The molecule has 1 atom stereocenters. The van der Waals surface area contributed by atoms with Crippen LogP contribution in [0.5, 0.6) is 0 Å². The lowest BCUT2D eigenvalue weighted by molar-refractivity contribution is -0.140. The van der Waals surface area contributed by atoms with E-state index in [0.717, 1.165) is 25.8 Å². The molecule has 5 nitrogen and oxygen atoms in total.